The van der Waals surface area contributed by atoms with E-state index in [9.17, 15) is 13.6 Å². The molecular formula is C16H20F2N2O2. The van der Waals surface area contributed by atoms with E-state index in [2.05, 4.69) is 10.1 Å². The normalized spacial score (nSPS) is 29.8. The first-order valence-corrected chi connectivity index (χ1v) is 7.61. The Bertz CT molecular complexity index is 551. The fourth-order valence-electron chi connectivity index (χ4n) is 3.86. The summed E-state index contributed by atoms with van der Waals surface area (Å²) >= 11 is 0. The highest BCUT2D eigenvalue weighted by molar-refractivity contribution is 5.80. The number of amides is 1. The molecule has 22 heavy (non-hydrogen) atoms. The fraction of sp³-hybridized carbons (Fsp3) is 0.562. The van der Waals surface area contributed by atoms with E-state index in [1.165, 1.54) is 12.1 Å². The van der Waals surface area contributed by atoms with Crippen LogP contribution in [-0.2, 0) is 11.3 Å². The molecule has 0 spiro atoms. The Kier molecular flexibility index (Phi) is 4.29. The molecule has 2 fully saturated rings. The minimum absolute atomic E-state index is 0.0279. The average molecular weight is 310 g/mol. The summed E-state index contributed by atoms with van der Waals surface area (Å²) in [5.74, 6) is 0.828. The van der Waals surface area contributed by atoms with E-state index in [0.717, 1.165) is 24.8 Å². The molecule has 2 saturated carbocycles. The molecule has 0 radical (unpaired) electrons. The number of hydrogen-bond donors (Lipinski definition) is 2. The van der Waals surface area contributed by atoms with Gasteiger partial charge in [-0.3, -0.25) is 4.79 Å². The van der Waals surface area contributed by atoms with Gasteiger partial charge in [-0.2, -0.15) is 8.78 Å². The highest BCUT2D eigenvalue weighted by Crippen LogP contribution is 2.47. The molecule has 1 amide bonds. The lowest BCUT2D eigenvalue weighted by Crippen LogP contribution is -2.45. The maximum Gasteiger partial charge on any atom is 0.387 e. The predicted octanol–water partition coefficient (Wildman–Crippen LogP) is 2.28. The highest BCUT2D eigenvalue weighted by Gasteiger charge is 2.48. The SMILES string of the molecule is NC1C2CCC(C2)C1C(=O)NCc1cccc(OC(F)F)c1. The molecule has 0 aliphatic heterocycles. The Morgan fingerprint density at radius 1 is 1.36 bits per heavy atom. The van der Waals surface area contributed by atoms with Crippen LogP contribution in [0.5, 0.6) is 5.75 Å². The van der Waals surface area contributed by atoms with Crippen LogP contribution in [0.1, 0.15) is 24.8 Å². The van der Waals surface area contributed by atoms with Gasteiger partial charge >= 0.3 is 6.61 Å². The molecule has 3 N–H and O–H groups in total. The van der Waals surface area contributed by atoms with E-state index in [4.69, 9.17) is 5.73 Å². The molecule has 4 nitrogen and oxygen atoms in total. The minimum Gasteiger partial charge on any atom is -0.435 e. The smallest absolute Gasteiger partial charge is 0.387 e. The molecule has 120 valence electrons. The standard InChI is InChI=1S/C16H20F2N2O2/c17-16(18)22-12-3-1-2-9(6-12)8-20-15(21)13-10-4-5-11(7-10)14(13)19/h1-3,6,10-11,13-14,16H,4-5,7-8,19H2,(H,20,21). The second kappa shape index (κ2) is 6.20. The number of carbonyl (C=O) groups is 1. The van der Waals surface area contributed by atoms with Crippen LogP contribution in [0.3, 0.4) is 0 Å². The Morgan fingerprint density at radius 3 is 2.82 bits per heavy atom. The van der Waals surface area contributed by atoms with Gasteiger partial charge in [0, 0.05) is 12.6 Å². The van der Waals surface area contributed by atoms with E-state index in [0.29, 0.717) is 18.4 Å². The molecule has 1 aromatic carbocycles. The lowest BCUT2D eigenvalue weighted by molar-refractivity contribution is -0.127. The molecular weight excluding hydrogens is 290 g/mol. The monoisotopic (exact) mass is 310 g/mol. The van der Waals surface area contributed by atoms with E-state index >= 15 is 0 Å². The van der Waals surface area contributed by atoms with Gasteiger partial charge in [0.05, 0.1) is 5.92 Å². The number of rotatable bonds is 5. The number of nitrogens with one attached hydrogen (secondary N) is 1. The number of halogens is 2. The Balaban J connectivity index is 1.57. The van der Waals surface area contributed by atoms with E-state index in [1.54, 1.807) is 12.1 Å². The summed E-state index contributed by atoms with van der Waals surface area (Å²) in [6.45, 7) is -2.56. The Labute approximate surface area is 128 Å². The van der Waals surface area contributed by atoms with E-state index in [-0.39, 0.29) is 23.6 Å². The van der Waals surface area contributed by atoms with Crippen molar-refractivity contribution >= 4 is 5.91 Å². The van der Waals surface area contributed by atoms with Crippen LogP contribution in [0.25, 0.3) is 0 Å². The predicted molar refractivity (Wildman–Crippen MR) is 77.2 cm³/mol. The number of ether oxygens (including phenoxy) is 1. The van der Waals surface area contributed by atoms with Crippen molar-refractivity contribution in [3.05, 3.63) is 29.8 Å². The van der Waals surface area contributed by atoms with Gasteiger partial charge in [0.25, 0.3) is 0 Å². The van der Waals surface area contributed by atoms with Crippen molar-refractivity contribution in [2.45, 2.75) is 38.5 Å². The fourth-order valence-corrected chi connectivity index (χ4v) is 3.86. The summed E-state index contributed by atoms with van der Waals surface area (Å²) in [4.78, 5) is 12.3. The van der Waals surface area contributed by atoms with Crippen LogP contribution in [0.2, 0.25) is 0 Å². The second-order valence-corrected chi connectivity index (χ2v) is 6.18. The van der Waals surface area contributed by atoms with E-state index < -0.39 is 6.61 Å². The van der Waals surface area contributed by atoms with Gasteiger partial charge < -0.3 is 15.8 Å². The van der Waals surface area contributed by atoms with Crippen LogP contribution < -0.4 is 15.8 Å². The molecule has 0 aromatic heterocycles. The lowest BCUT2D eigenvalue weighted by atomic mass is 9.84. The quantitative estimate of drug-likeness (QED) is 0.877. The van der Waals surface area contributed by atoms with Crippen LogP contribution >= 0.6 is 0 Å². The first-order valence-electron chi connectivity index (χ1n) is 7.61. The van der Waals surface area contributed by atoms with Gasteiger partial charge in [0.1, 0.15) is 5.75 Å². The third-order valence-electron chi connectivity index (χ3n) is 4.87. The first-order chi connectivity index (χ1) is 10.5. The first kappa shape index (κ1) is 15.2. The van der Waals surface area contributed by atoms with Crippen LogP contribution in [0.15, 0.2) is 24.3 Å². The second-order valence-electron chi connectivity index (χ2n) is 6.18. The molecule has 0 saturated heterocycles. The number of alkyl halides is 2. The Morgan fingerprint density at radius 2 is 2.14 bits per heavy atom. The molecule has 1 aromatic rings. The zero-order valence-electron chi connectivity index (χ0n) is 12.2. The molecule has 2 bridgehead atoms. The van der Waals surface area contributed by atoms with Gasteiger partial charge in [-0.1, -0.05) is 12.1 Å². The van der Waals surface area contributed by atoms with Crippen molar-refractivity contribution in [2.24, 2.45) is 23.5 Å². The van der Waals surface area contributed by atoms with Gasteiger partial charge in [-0.25, -0.2) is 0 Å². The summed E-state index contributed by atoms with van der Waals surface area (Å²) in [7, 11) is 0. The van der Waals surface area contributed by atoms with Crippen molar-refractivity contribution in [1.29, 1.82) is 0 Å². The Hall–Kier alpha value is -1.69. The van der Waals surface area contributed by atoms with Crippen LogP contribution in [0.4, 0.5) is 8.78 Å². The summed E-state index contributed by atoms with van der Waals surface area (Å²) in [6.07, 6.45) is 3.26. The van der Waals surface area contributed by atoms with Crippen molar-refractivity contribution in [2.75, 3.05) is 0 Å². The van der Waals surface area contributed by atoms with Crippen LogP contribution in [0, 0.1) is 17.8 Å². The molecule has 4 atom stereocenters. The average Bonchev–Trinajstić information content (AvgIpc) is 3.05. The van der Waals surface area contributed by atoms with Gasteiger partial charge in [-0.05, 0) is 48.8 Å². The van der Waals surface area contributed by atoms with Gasteiger partial charge in [0.2, 0.25) is 5.91 Å². The van der Waals surface area contributed by atoms with E-state index in [1.807, 2.05) is 0 Å². The zero-order chi connectivity index (χ0) is 15.7. The molecule has 0 heterocycles. The summed E-state index contributed by atoms with van der Waals surface area (Å²) in [5.41, 5.74) is 6.87. The third-order valence-corrected chi connectivity index (χ3v) is 4.87. The van der Waals surface area contributed by atoms with Gasteiger partial charge in [-0.15, -0.1) is 0 Å². The van der Waals surface area contributed by atoms with Crippen molar-refractivity contribution < 1.29 is 18.3 Å². The summed E-state index contributed by atoms with van der Waals surface area (Å²) < 4.78 is 28.7. The third kappa shape index (κ3) is 3.06. The van der Waals surface area contributed by atoms with Crippen molar-refractivity contribution in [1.82, 2.24) is 5.32 Å². The number of hydrogen-bond acceptors (Lipinski definition) is 3. The summed E-state index contributed by atoms with van der Waals surface area (Å²) in [6, 6.07) is 6.31. The summed E-state index contributed by atoms with van der Waals surface area (Å²) in [5, 5.41) is 2.87. The number of nitrogens with two attached hydrogens (primary N) is 1. The molecule has 4 unspecified atom stereocenters. The molecule has 2 aliphatic carbocycles. The van der Waals surface area contributed by atoms with Gasteiger partial charge in [0.15, 0.2) is 0 Å². The zero-order valence-corrected chi connectivity index (χ0v) is 12.2. The number of fused-ring (bicyclic) bond motifs is 2. The molecule has 3 rings (SSSR count). The topological polar surface area (TPSA) is 64.4 Å². The van der Waals surface area contributed by atoms with Crippen LogP contribution in [-0.4, -0.2) is 18.6 Å². The van der Waals surface area contributed by atoms with Crippen molar-refractivity contribution in [3.63, 3.8) is 0 Å². The number of carbonyl (C=O) groups excluding carboxylic acids is 1. The lowest BCUT2D eigenvalue weighted by Gasteiger charge is -2.27. The maximum atomic E-state index is 12.3. The number of benzene rings is 1. The maximum absolute atomic E-state index is 12.3. The highest BCUT2D eigenvalue weighted by atomic mass is 19.3. The largest absolute Gasteiger partial charge is 0.435 e. The molecule has 6 heteroatoms. The van der Waals surface area contributed by atoms with Crippen molar-refractivity contribution in [3.8, 4) is 5.75 Å². The molecule has 2 aliphatic rings. The minimum atomic E-state index is -2.85.